The summed E-state index contributed by atoms with van der Waals surface area (Å²) in [6, 6.07) is 0.852. The fourth-order valence-corrected chi connectivity index (χ4v) is 3.40. The largest absolute Gasteiger partial charge is 0.298 e. The monoisotopic (exact) mass is 221 g/mol. The van der Waals surface area contributed by atoms with Gasteiger partial charge in [-0.15, -0.1) is 0 Å². The molecule has 92 valence electrons. The predicted octanol–water partition coefficient (Wildman–Crippen LogP) is 4.14. The molecular formula is C15H27N. The molecule has 0 N–H and O–H groups in total. The van der Waals surface area contributed by atoms with Gasteiger partial charge in [-0.3, -0.25) is 4.90 Å². The molecule has 0 spiro atoms. The maximum absolute atomic E-state index is 4.13. The smallest absolute Gasteiger partial charge is 0.0187 e. The molecule has 2 saturated carbocycles. The summed E-state index contributed by atoms with van der Waals surface area (Å²) in [4.78, 5) is 2.71. The average Bonchev–Trinajstić information content (AvgIpc) is 2.33. The second-order valence-corrected chi connectivity index (χ2v) is 6.15. The van der Waals surface area contributed by atoms with Crippen LogP contribution in [0.3, 0.4) is 0 Å². The van der Waals surface area contributed by atoms with Crippen molar-refractivity contribution in [3.8, 4) is 0 Å². The second-order valence-electron chi connectivity index (χ2n) is 6.15. The van der Waals surface area contributed by atoms with Gasteiger partial charge in [0.05, 0.1) is 0 Å². The van der Waals surface area contributed by atoms with E-state index in [2.05, 4.69) is 25.5 Å². The molecule has 16 heavy (non-hydrogen) atoms. The molecule has 1 heteroatoms. The molecule has 2 rings (SSSR count). The topological polar surface area (TPSA) is 3.24 Å². The van der Waals surface area contributed by atoms with Crippen LogP contribution in [0.1, 0.15) is 64.7 Å². The van der Waals surface area contributed by atoms with E-state index in [9.17, 15) is 0 Å². The van der Waals surface area contributed by atoms with Crippen LogP contribution < -0.4 is 0 Å². The van der Waals surface area contributed by atoms with Gasteiger partial charge in [-0.25, -0.2) is 0 Å². The number of allylic oxidation sites excluding steroid dienone is 1. The Bertz CT molecular complexity index is 240. The van der Waals surface area contributed by atoms with Gasteiger partial charge in [-0.05, 0) is 52.5 Å². The first-order chi connectivity index (χ1) is 7.62. The van der Waals surface area contributed by atoms with Gasteiger partial charge in [0.15, 0.2) is 0 Å². The summed E-state index contributed by atoms with van der Waals surface area (Å²) in [5.74, 6) is 0. The van der Waals surface area contributed by atoms with Crippen molar-refractivity contribution in [1.82, 2.24) is 4.90 Å². The van der Waals surface area contributed by atoms with E-state index in [0.29, 0.717) is 5.54 Å². The number of nitrogens with zero attached hydrogens (tertiary/aromatic N) is 1. The number of rotatable bonds is 2. The van der Waals surface area contributed by atoms with Gasteiger partial charge in [-0.2, -0.15) is 0 Å². The molecule has 0 aromatic heterocycles. The zero-order valence-electron chi connectivity index (χ0n) is 11.1. The van der Waals surface area contributed by atoms with Gasteiger partial charge in [0.2, 0.25) is 0 Å². The summed E-state index contributed by atoms with van der Waals surface area (Å²) in [5, 5.41) is 0. The molecule has 0 atom stereocenters. The highest BCUT2D eigenvalue weighted by molar-refractivity contribution is 5.05. The first kappa shape index (κ1) is 12.2. The SMILES string of the molecule is C=C1CCC(C)(N(C)C2CCCCC2)CC1. The Hall–Kier alpha value is -0.300. The Morgan fingerprint density at radius 2 is 1.69 bits per heavy atom. The summed E-state index contributed by atoms with van der Waals surface area (Å²) in [5.41, 5.74) is 1.91. The van der Waals surface area contributed by atoms with Gasteiger partial charge < -0.3 is 0 Å². The fourth-order valence-electron chi connectivity index (χ4n) is 3.40. The second kappa shape index (κ2) is 4.91. The van der Waals surface area contributed by atoms with Crippen molar-refractivity contribution in [2.75, 3.05) is 7.05 Å². The van der Waals surface area contributed by atoms with Gasteiger partial charge in [0, 0.05) is 11.6 Å². The number of hydrogen-bond donors (Lipinski definition) is 0. The van der Waals surface area contributed by atoms with Crippen LogP contribution in [0, 0.1) is 0 Å². The molecule has 0 bridgehead atoms. The molecule has 1 nitrogen and oxygen atoms in total. The standard InChI is InChI=1S/C15H27N/c1-13-9-11-15(2,12-10-13)16(3)14-7-5-4-6-8-14/h14H,1,4-12H2,2-3H3. The lowest BCUT2D eigenvalue weighted by molar-refractivity contribution is 0.0442. The Morgan fingerprint density at radius 1 is 1.12 bits per heavy atom. The highest BCUT2D eigenvalue weighted by Crippen LogP contribution is 2.37. The molecule has 2 aliphatic rings. The molecular weight excluding hydrogens is 194 g/mol. The normalized spacial score (nSPS) is 27.3. The zero-order chi connectivity index (χ0) is 11.6. The van der Waals surface area contributed by atoms with Gasteiger partial charge in [0.1, 0.15) is 0 Å². The first-order valence-corrected chi connectivity index (χ1v) is 7.01. The van der Waals surface area contributed by atoms with Crippen LogP contribution in [0.5, 0.6) is 0 Å². The fraction of sp³-hybridized carbons (Fsp3) is 0.867. The summed E-state index contributed by atoms with van der Waals surface area (Å²) < 4.78 is 0. The van der Waals surface area contributed by atoms with E-state index in [1.807, 2.05) is 0 Å². The Balaban J connectivity index is 1.96. The Kier molecular flexibility index (Phi) is 3.73. The van der Waals surface area contributed by atoms with Crippen LogP contribution in [0.25, 0.3) is 0 Å². The summed E-state index contributed by atoms with van der Waals surface area (Å²) in [6.45, 7) is 6.60. The molecule has 0 aliphatic heterocycles. The Labute approximate surface area is 101 Å². The van der Waals surface area contributed by atoms with Gasteiger partial charge in [0.25, 0.3) is 0 Å². The molecule has 0 aromatic rings. The first-order valence-electron chi connectivity index (χ1n) is 7.01. The minimum Gasteiger partial charge on any atom is -0.298 e. The Morgan fingerprint density at radius 3 is 2.25 bits per heavy atom. The molecule has 0 aromatic carbocycles. The van der Waals surface area contributed by atoms with E-state index >= 15 is 0 Å². The zero-order valence-corrected chi connectivity index (χ0v) is 11.1. The van der Waals surface area contributed by atoms with Crippen LogP contribution in [-0.4, -0.2) is 23.5 Å². The third-order valence-electron chi connectivity index (χ3n) is 5.01. The molecule has 2 fully saturated rings. The van der Waals surface area contributed by atoms with Crippen LogP contribution in [0.4, 0.5) is 0 Å². The van der Waals surface area contributed by atoms with E-state index in [1.54, 1.807) is 0 Å². The average molecular weight is 221 g/mol. The quantitative estimate of drug-likeness (QED) is 0.633. The molecule has 0 saturated heterocycles. The lowest BCUT2D eigenvalue weighted by Crippen LogP contribution is -2.51. The van der Waals surface area contributed by atoms with E-state index < -0.39 is 0 Å². The molecule has 0 unspecified atom stereocenters. The molecule has 2 aliphatic carbocycles. The highest BCUT2D eigenvalue weighted by Gasteiger charge is 2.35. The molecule has 0 radical (unpaired) electrons. The van der Waals surface area contributed by atoms with Gasteiger partial charge >= 0.3 is 0 Å². The maximum Gasteiger partial charge on any atom is 0.0187 e. The predicted molar refractivity (Wildman–Crippen MR) is 70.6 cm³/mol. The van der Waals surface area contributed by atoms with Crippen molar-refractivity contribution in [2.45, 2.75) is 76.3 Å². The van der Waals surface area contributed by atoms with Crippen LogP contribution in [-0.2, 0) is 0 Å². The van der Waals surface area contributed by atoms with Crippen molar-refractivity contribution in [1.29, 1.82) is 0 Å². The lowest BCUT2D eigenvalue weighted by atomic mass is 9.78. The van der Waals surface area contributed by atoms with E-state index in [4.69, 9.17) is 0 Å². The van der Waals surface area contributed by atoms with E-state index in [1.165, 1.54) is 63.4 Å². The van der Waals surface area contributed by atoms with Crippen molar-refractivity contribution in [2.24, 2.45) is 0 Å². The summed E-state index contributed by atoms with van der Waals surface area (Å²) in [6.07, 6.45) is 12.3. The third-order valence-corrected chi connectivity index (χ3v) is 5.01. The van der Waals surface area contributed by atoms with E-state index in [0.717, 1.165) is 6.04 Å². The van der Waals surface area contributed by atoms with Crippen molar-refractivity contribution in [3.05, 3.63) is 12.2 Å². The minimum absolute atomic E-state index is 0.448. The van der Waals surface area contributed by atoms with Crippen LogP contribution in [0.15, 0.2) is 12.2 Å². The maximum atomic E-state index is 4.13. The number of hydrogen-bond acceptors (Lipinski definition) is 1. The highest BCUT2D eigenvalue weighted by atomic mass is 15.2. The van der Waals surface area contributed by atoms with Crippen LogP contribution >= 0.6 is 0 Å². The minimum atomic E-state index is 0.448. The van der Waals surface area contributed by atoms with E-state index in [-0.39, 0.29) is 0 Å². The third kappa shape index (κ3) is 2.51. The lowest BCUT2D eigenvalue weighted by Gasteiger charge is -2.47. The molecule has 0 amide bonds. The van der Waals surface area contributed by atoms with Crippen molar-refractivity contribution in [3.63, 3.8) is 0 Å². The summed E-state index contributed by atoms with van der Waals surface area (Å²) in [7, 11) is 2.37. The van der Waals surface area contributed by atoms with Crippen molar-refractivity contribution >= 4 is 0 Å². The van der Waals surface area contributed by atoms with Crippen LogP contribution in [0.2, 0.25) is 0 Å². The van der Waals surface area contributed by atoms with Gasteiger partial charge in [-0.1, -0.05) is 31.4 Å². The summed E-state index contributed by atoms with van der Waals surface area (Å²) >= 11 is 0. The molecule has 0 heterocycles. The van der Waals surface area contributed by atoms with Crippen molar-refractivity contribution < 1.29 is 0 Å².